The third-order valence-corrected chi connectivity index (χ3v) is 4.51. The molecular formula is C18H24N4O. The molecule has 2 aromatic rings. The third-order valence-electron chi connectivity index (χ3n) is 4.51. The molecule has 1 amide bonds. The fourth-order valence-electron chi connectivity index (χ4n) is 3.16. The fourth-order valence-corrected chi connectivity index (χ4v) is 3.16. The van der Waals surface area contributed by atoms with Crippen molar-refractivity contribution in [3.05, 3.63) is 48.3 Å². The van der Waals surface area contributed by atoms with Gasteiger partial charge in [0.05, 0.1) is 17.9 Å². The van der Waals surface area contributed by atoms with Crippen molar-refractivity contribution in [1.29, 1.82) is 0 Å². The fraction of sp³-hybridized carbons (Fsp3) is 0.444. The van der Waals surface area contributed by atoms with Crippen molar-refractivity contribution in [2.24, 2.45) is 0 Å². The summed E-state index contributed by atoms with van der Waals surface area (Å²) in [6, 6.07) is 10.0. The first-order valence-corrected chi connectivity index (χ1v) is 8.19. The van der Waals surface area contributed by atoms with E-state index in [2.05, 4.69) is 10.00 Å². The minimum atomic E-state index is 0.0259. The second kappa shape index (κ2) is 6.96. The Morgan fingerprint density at radius 2 is 2.09 bits per heavy atom. The lowest BCUT2D eigenvalue weighted by atomic mass is 10.0. The second-order valence-electron chi connectivity index (χ2n) is 6.32. The van der Waals surface area contributed by atoms with Gasteiger partial charge in [0.25, 0.3) is 0 Å². The van der Waals surface area contributed by atoms with E-state index in [4.69, 9.17) is 0 Å². The molecule has 1 aliphatic rings. The maximum atomic E-state index is 12.6. The van der Waals surface area contributed by atoms with Crippen LogP contribution in [0.25, 0.3) is 5.69 Å². The maximum absolute atomic E-state index is 12.6. The molecule has 1 aromatic carbocycles. The molecular weight excluding hydrogens is 288 g/mol. The zero-order chi connectivity index (χ0) is 16.2. The highest BCUT2D eigenvalue weighted by Crippen LogP contribution is 2.18. The Morgan fingerprint density at radius 1 is 1.30 bits per heavy atom. The highest BCUT2D eigenvalue weighted by atomic mass is 16.2. The number of hydrogen-bond acceptors (Lipinski definition) is 3. The molecule has 5 nitrogen and oxygen atoms in total. The summed E-state index contributed by atoms with van der Waals surface area (Å²) in [6.07, 6.45) is 7.11. The van der Waals surface area contributed by atoms with Crippen molar-refractivity contribution < 1.29 is 4.79 Å². The van der Waals surface area contributed by atoms with Gasteiger partial charge in [0.15, 0.2) is 0 Å². The first kappa shape index (κ1) is 15.7. The molecule has 0 unspecified atom stereocenters. The number of hydrogen-bond donors (Lipinski definition) is 0. The van der Waals surface area contributed by atoms with Crippen molar-refractivity contribution in [1.82, 2.24) is 19.6 Å². The number of rotatable bonds is 4. The summed E-state index contributed by atoms with van der Waals surface area (Å²) >= 11 is 0. The summed E-state index contributed by atoms with van der Waals surface area (Å²) in [4.78, 5) is 16.6. The monoisotopic (exact) mass is 312 g/mol. The summed E-state index contributed by atoms with van der Waals surface area (Å²) in [5, 5.41) is 4.39. The zero-order valence-corrected chi connectivity index (χ0v) is 13.9. The summed E-state index contributed by atoms with van der Waals surface area (Å²) in [5.41, 5.74) is 2.07. The minimum Gasteiger partial charge on any atom is -0.340 e. The summed E-state index contributed by atoms with van der Waals surface area (Å²) in [7, 11) is 3.92. The molecule has 3 rings (SSSR count). The Labute approximate surface area is 137 Å². The zero-order valence-electron chi connectivity index (χ0n) is 13.9. The van der Waals surface area contributed by atoms with Crippen molar-refractivity contribution in [3.8, 4) is 5.69 Å². The van der Waals surface area contributed by atoms with E-state index in [-0.39, 0.29) is 11.9 Å². The molecule has 122 valence electrons. The molecule has 0 bridgehead atoms. The number of likely N-dealkylation sites (N-methyl/N-ethyl adjacent to an activating group) is 2. The third kappa shape index (κ3) is 3.62. The molecule has 23 heavy (non-hydrogen) atoms. The maximum Gasteiger partial charge on any atom is 0.239 e. The van der Waals surface area contributed by atoms with Gasteiger partial charge in [-0.1, -0.05) is 24.6 Å². The Hall–Kier alpha value is -2.14. The molecule has 0 aliphatic carbocycles. The van der Waals surface area contributed by atoms with Gasteiger partial charge < -0.3 is 4.90 Å². The first-order chi connectivity index (χ1) is 11.1. The van der Waals surface area contributed by atoms with E-state index in [1.807, 2.05) is 66.4 Å². The number of aromatic nitrogens is 2. The lowest BCUT2D eigenvalue weighted by Gasteiger charge is -2.33. The van der Waals surface area contributed by atoms with Crippen LogP contribution in [0, 0.1) is 0 Å². The average molecular weight is 312 g/mol. The van der Waals surface area contributed by atoms with E-state index < -0.39 is 0 Å². The molecule has 5 heteroatoms. The van der Waals surface area contributed by atoms with E-state index in [9.17, 15) is 4.79 Å². The van der Waals surface area contributed by atoms with Gasteiger partial charge in [-0.05, 0) is 38.6 Å². The van der Waals surface area contributed by atoms with Crippen LogP contribution in [-0.2, 0) is 11.3 Å². The average Bonchev–Trinajstić information content (AvgIpc) is 3.04. The minimum absolute atomic E-state index is 0.0259. The number of carbonyl (C=O) groups excluding carboxylic acids is 1. The molecule has 1 saturated heterocycles. The summed E-state index contributed by atoms with van der Waals surface area (Å²) in [5.74, 6) is 0.208. The largest absolute Gasteiger partial charge is 0.340 e. The van der Waals surface area contributed by atoms with Gasteiger partial charge in [-0.25, -0.2) is 4.68 Å². The van der Waals surface area contributed by atoms with Crippen LogP contribution in [0.5, 0.6) is 0 Å². The lowest BCUT2D eigenvalue weighted by molar-refractivity contribution is -0.136. The molecule has 0 radical (unpaired) electrons. The first-order valence-electron chi connectivity index (χ1n) is 8.19. The Kier molecular flexibility index (Phi) is 4.76. The molecule has 1 atom stereocenters. The summed E-state index contributed by atoms with van der Waals surface area (Å²) in [6.45, 7) is 1.60. The Bertz CT molecular complexity index is 652. The SMILES string of the molecule is CN(Cc1cnn(-c2ccccc2)c1)C(=O)[C@H]1CCCCN1C. The van der Waals surface area contributed by atoms with Crippen LogP contribution in [0.4, 0.5) is 0 Å². The van der Waals surface area contributed by atoms with Crippen molar-refractivity contribution >= 4 is 5.91 Å². The number of piperidine rings is 1. The molecule has 0 saturated carbocycles. The predicted octanol–water partition coefficient (Wildman–Crippen LogP) is 2.32. The standard InChI is InChI=1S/C18H24N4O/c1-20-11-7-6-10-17(20)18(23)21(2)13-15-12-19-22(14-15)16-8-4-3-5-9-16/h3-5,8-9,12,14,17H,6-7,10-11,13H2,1-2H3/t17-/m1/s1. The molecule has 1 aliphatic heterocycles. The summed E-state index contributed by atoms with van der Waals surface area (Å²) < 4.78 is 1.85. The highest BCUT2D eigenvalue weighted by molar-refractivity contribution is 5.81. The van der Waals surface area contributed by atoms with Gasteiger partial charge in [0.1, 0.15) is 0 Å². The van der Waals surface area contributed by atoms with Crippen molar-refractivity contribution in [2.75, 3.05) is 20.6 Å². The van der Waals surface area contributed by atoms with Gasteiger partial charge in [0, 0.05) is 25.4 Å². The molecule has 0 N–H and O–H groups in total. The predicted molar refractivity (Wildman–Crippen MR) is 90.3 cm³/mol. The number of likely N-dealkylation sites (tertiary alicyclic amines) is 1. The van der Waals surface area contributed by atoms with E-state index in [0.29, 0.717) is 6.54 Å². The van der Waals surface area contributed by atoms with E-state index >= 15 is 0 Å². The molecule has 0 spiro atoms. The second-order valence-corrected chi connectivity index (χ2v) is 6.32. The highest BCUT2D eigenvalue weighted by Gasteiger charge is 2.28. The van der Waals surface area contributed by atoms with Gasteiger partial charge in [-0.2, -0.15) is 5.10 Å². The van der Waals surface area contributed by atoms with Crippen LogP contribution >= 0.6 is 0 Å². The number of nitrogens with zero attached hydrogens (tertiary/aromatic N) is 4. The van der Waals surface area contributed by atoms with Crippen LogP contribution in [0.2, 0.25) is 0 Å². The number of benzene rings is 1. The Balaban J connectivity index is 1.65. The normalized spacial score (nSPS) is 18.8. The smallest absolute Gasteiger partial charge is 0.239 e. The Morgan fingerprint density at radius 3 is 2.83 bits per heavy atom. The van der Waals surface area contributed by atoms with Crippen LogP contribution < -0.4 is 0 Å². The van der Waals surface area contributed by atoms with Gasteiger partial charge in [-0.3, -0.25) is 9.69 Å². The van der Waals surface area contributed by atoms with Crippen LogP contribution in [0.1, 0.15) is 24.8 Å². The van der Waals surface area contributed by atoms with Gasteiger partial charge in [-0.15, -0.1) is 0 Å². The topological polar surface area (TPSA) is 41.4 Å². The number of amides is 1. The quantitative estimate of drug-likeness (QED) is 0.870. The molecule has 1 aromatic heterocycles. The number of carbonyl (C=O) groups is 1. The van der Waals surface area contributed by atoms with E-state index in [1.54, 1.807) is 0 Å². The van der Waals surface area contributed by atoms with Crippen LogP contribution in [0.3, 0.4) is 0 Å². The van der Waals surface area contributed by atoms with Crippen molar-refractivity contribution in [2.45, 2.75) is 31.8 Å². The van der Waals surface area contributed by atoms with E-state index in [0.717, 1.165) is 30.6 Å². The molecule has 2 heterocycles. The lowest BCUT2D eigenvalue weighted by Crippen LogP contribution is -2.47. The van der Waals surface area contributed by atoms with Crippen molar-refractivity contribution in [3.63, 3.8) is 0 Å². The number of para-hydroxylation sites is 1. The van der Waals surface area contributed by atoms with Gasteiger partial charge in [0.2, 0.25) is 5.91 Å². The van der Waals surface area contributed by atoms with Crippen LogP contribution in [-0.4, -0.2) is 52.2 Å². The van der Waals surface area contributed by atoms with Crippen LogP contribution in [0.15, 0.2) is 42.7 Å². The molecule has 1 fully saturated rings. The van der Waals surface area contributed by atoms with Gasteiger partial charge >= 0.3 is 0 Å². The van der Waals surface area contributed by atoms with E-state index in [1.165, 1.54) is 6.42 Å².